The molecular formula is C28H33Cl2N3O4. The molecule has 7 nitrogen and oxygen atoms in total. The van der Waals surface area contributed by atoms with E-state index in [1.807, 2.05) is 39.1 Å². The number of nitrogens with zero attached hydrogens (tertiary/aromatic N) is 2. The third kappa shape index (κ3) is 7.21. The molecule has 0 saturated carbocycles. The van der Waals surface area contributed by atoms with Gasteiger partial charge in [0.1, 0.15) is 11.5 Å². The van der Waals surface area contributed by atoms with Crippen LogP contribution < -0.4 is 14.8 Å². The normalized spacial score (nSPS) is 18.2. The molecule has 4 rings (SSSR count). The van der Waals surface area contributed by atoms with Crippen molar-refractivity contribution < 1.29 is 19.4 Å². The van der Waals surface area contributed by atoms with Crippen LogP contribution in [0.3, 0.4) is 0 Å². The van der Waals surface area contributed by atoms with E-state index >= 15 is 0 Å². The third-order valence-electron chi connectivity index (χ3n) is 5.67. The molecule has 0 bridgehead atoms. The van der Waals surface area contributed by atoms with Gasteiger partial charge in [0.05, 0.1) is 16.2 Å². The number of aromatic nitrogens is 2. The average Bonchev–Trinajstić information content (AvgIpc) is 3.18. The van der Waals surface area contributed by atoms with Gasteiger partial charge in [-0.15, -0.1) is 0 Å². The minimum absolute atomic E-state index is 0.316. The van der Waals surface area contributed by atoms with E-state index in [4.69, 9.17) is 42.9 Å². The molecule has 1 aliphatic heterocycles. The molecule has 1 aliphatic rings. The molecule has 0 aliphatic carbocycles. The van der Waals surface area contributed by atoms with Crippen molar-refractivity contribution in [3.63, 3.8) is 0 Å². The summed E-state index contributed by atoms with van der Waals surface area (Å²) in [5.74, 6) is -0.0352. The Hall–Kier alpha value is -3.16. The summed E-state index contributed by atoms with van der Waals surface area (Å²) in [5, 5.41) is 19.2. The summed E-state index contributed by atoms with van der Waals surface area (Å²) in [5.41, 5.74) is 3.79. The van der Waals surface area contributed by atoms with Gasteiger partial charge in [0.15, 0.2) is 12.8 Å². The van der Waals surface area contributed by atoms with E-state index in [2.05, 4.69) is 18.3 Å². The van der Waals surface area contributed by atoms with Crippen LogP contribution in [-0.2, 0) is 11.8 Å². The molecule has 3 aromatic rings. The number of hydrogen-bond acceptors (Lipinski definition) is 5. The van der Waals surface area contributed by atoms with Crippen LogP contribution in [0.1, 0.15) is 52.1 Å². The topological polar surface area (TPSA) is 85.6 Å². The van der Waals surface area contributed by atoms with Crippen LogP contribution in [0.2, 0.25) is 10.0 Å². The second-order valence-corrected chi connectivity index (χ2v) is 9.11. The number of allylic oxidation sites excluding steroid dienone is 3. The molecule has 0 saturated heterocycles. The van der Waals surface area contributed by atoms with Crippen LogP contribution in [0.25, 0.3) is 16.5 Å². The molecule has 0 radical (unpaired) electrons. The Morgan fingerprint density at radius 1 is 1.22 bits per heavy atom. The van der Waals surface area contributed by atoms with Crippen LogP contribution in [0.15, 0.2) is 54.2 Å². The van der Waals surface area contributed by atoms with E-state index in [1.165, 1.54) is 0 Å². The van der Waals surface area contributed by atoms with Crippen molar-refractivity contribution in [3.05, 3.63) is 70.0 Å². The predicted molar refractivity (Wildman–Crippen MR) is 149 cm³/mol. The Balaban J connectivity index is 0.00000186. The number of nitrogens with one attached hydrogen (secondary N) is 1. The Morgan fingerprint density at radius 2 is 1.95 bits per heavy atom. The number of carboxylic acid groups (broad SMARTS) is 1. The molecule has 1 atom stereocenters. The largest absolute Gasteiger partial charge is 0.480 e. The van der Waals surface area contributed by atoms with Gasteiger partial charge in [-0.2, -0.15) is 5.10 Å². The van der Waals surface area contributed by atoms with E-state index in [9.17, 15) is 4.79 Å². The van der Waals surface area contributed by atoms with E-state index in [1.54, 1.807) is 28.9 Å². The van der Waals surface area contributed by atoms with Gasteiger partial charge < -0.3 is 19.9 Å². The zero-order valence-corrected chi connectivity index (χ0v) is 23.1. The second-order valence-electron chi connectivity index (χ2n) is 8.27. The van der Waals surface area contributed by atoms with E-state index < -0.39 is 12.6 Å². The Kier molecular flexibility index (Phi) is 10.3. The summed E-state index contributed by atoms with van der Waals surface area (Å²) in [6.45, 7) is 5.66. The number of halogens is 2. The molecule has 198 valence electrons. The summed E-state index contributed by atoms with van der Waals surface area (Å²) in [4.78, 5) is 11.0. The monoisotopic (exact) mass is 545 g/mol. The molecular weight excluding hydrogens is 513 g/mol. The summed E-state index contributed by atoms with van der Waals surface area (Å²) >= 11 is 12.4. The molecule has 1 unspecified atom stereocenters. The molecule has 0 amide bonds. The van der Waals surface area contributed by atoms with Gasteiger partial charge in [-0.3, -0.25) is 4.68 Å². The van der Waals surface area contributed by atoms with Crippen LogP contribution in [0.4, 0.5) is 0 Å². The molecule has 2 N–H and O–H groups in total. The first-order valence-electron chi connectivity index (χ1n) is 12.4. The van der Waals surface area contributed by atoms with Crippen molar-refractivity contribution >= 4 is 45.6 Å². The molecule has 37 heavy (non-hydrogen) atoms. The van der Waals surface area contributed by atoms with Gasteiger partial charge in [0.2, 0.25) is 0 Å². The Bertz CT molecular complexity index is 1280. The number of carbonyl (C=O) groups is 1. The van der Waals surface area contributed by atoms with E-state index in [-0.39, 0.29) is 6.23 Å². The van der Waals surface area contributed by atoms with Gasteiger partial charge in [-0.05, 0) is 67.3 Å². The van der Waals surface area contributed by atoms with Gasteiger partial charge in [-0.25, -0.2) is 4.79 Å². The number of aryl methyl sites for hydroxylation is 1. The van der Waals surface area contributed by atoms with Crippen LogP contribution in [-0.4, -0.2) is 33.7 Å². The number of carboxylic acids is 1. The molecule has 0 spiro atoms. The van der Waals surface area contributed by atoms with Gasteiger partial charge in [-0.1, -0.05) is 56.5 Å². The maximum atomic E-state index is 11.0. The lowest BCUT2D eigenvalue weighted by Crippen LogP contribution is -2.33. The minimum Gasteiger partial charge on any atom is -0.480 e. The molecule has 1 aromatic heterocycles. The minimum atomic E-state index is -1.07. The zero-order valence-electron chi connectivity index (χ0n) is 21.6. The van der Waals surface area contributed by atoms with Crippen molar-refractivity contribution in [2.24, 2.45) is 7.05 Å². The maximum Gasteiger partial charge on any atom is 0.341 e. The number of benzene rings is 2. The molecule has 9 heteroatoms. The van der Waals surface area contributed by atoms with Gasteiger partial charge >= 0.3 is 5.97 Å². The lowest BCUT2D eigenvalue weighted by atomic mass is 9.97. The first-order valence-corrected chi connectivity index (χ1v) is 13.2. The smallest absolute Gasteiger partial charge is 0.341 e. The average molecular weight is 546 g/mol. The van der Waals surface area contributed by atoms with Crippen molar-refractivity contribution in [1.29, 1.82) is 0 Å². The fourth-order valence-corrected chi connectivity index (χ4v) is 4.44. The molecule has 0 fully saturated rings. The lowest BCUT2D eigenvalue weighted by molar-refractivity contribution is -0.139. The van der Waals surface area contributed by atoms with E-state index in [0.29, 0.717) is 21.5 Å². The summed E-state index contributed by atoms with van der Waals surface area (Å²) in [6.07, 6.45) is 7.12. The highest BCUT2D eigenvalue weighted by atomic mass is 35.5. The Morgan fingerprint density at radius 3 is 2.62 bits per heavy atom. The molecule has 2 aromatic carbocycles. The standard InChI is InChI=1S/C26H27Cl2N3O4.C2H6/c1-3-6-21-18(7-4-5-8-24(29-21)35-17-11-9-16(27)10-12-17)26-19-13-23(34-15-25(32)33)20(28)14-22(19)31(2)30-26;1-2/h5,8-14,24,29H,3-4,6-7,15H2,1-2H3,(H,32,33);1-2H3/b8-5-,21-18+;. The quantitative estimate of drug-likeness (QED) is 0.290. The first-order chi connectivity index (χ1) is 17.9. The highest BCUT2D eigenvalue weighted by molar-refractivity contribution is 6.33. The van der Waals surface area contributed by atoms with Gasteiger partial charge in [0, 0.05) is 23.2 Å². The van der Waals surface area contributed by atoms with Crippen LogP contribution in [0, 0.1) is 0 Å². The summed E-state index contributed by atoms with van der Waals surface area (Å²) < 4.78 is 13.4. The second kappa shape index (κ2) is 13.4. The SMILES string of the molecule is CC.CCC/C1=C(\c2nn(C)c3cc(Cl)c(OCC(=O)O)cc23)CC/C=C\C(Oc2ccc(Cl)cc2)N1. The maximum absolute atomic E-state index is 11.0. The van der Waals surface area contributed by atoms with Crippen molar-refractivity contribution in [1.82, 2.24) is 15.1 Å². The number of fused-ring (bicyclic) bond motifs is 1. The Labute approximate surface area is 227 Å². The van der Waals surface area contributed by atoms with Crippen molar-refractivity contribution in [3.8, 4) is 11.5 Å². The van der Waals surface area contributed by atoms with Crippen molar-refractivity contribution in [2.75, 3.05) is 6.61 Å². The highest BCUT2D eigenvalue weighted by Gasteiger charge is 2.22. The predicted octanol–water partition coefficient (Wildman–Crippen LogP) is 7.23. The van der Waals surface area contributed by atoms with E-state index in [0.717, 1.165) is 53.6 Å². The lowest BCUT2D eigenvalue weighted by Gasteiger charge is -2.24. The number of rotatable bonds is 8. The third-order valence-corrected chi connectivity index (χ3v) is 6.22. The number of hydrogen-bond donors (Lipinski definition) is 2. The van der Waals surface area contributed by atoms with Crippen LogP contribution in [0.5, 0.6) is 11.5 Å². The highest BCUT2D eigenvalue weighted by Crippen LogP contribution is 2.37. The van der Waals surface area contributed by atoms with Crippen LogP contribution >= 0.6 is 23.2 Å². The zero-order chi connectivity index (χ0) is 26.9. The van der Waals surface area contributed by atoms with Gasteiger partial charge in [0.25, 0.3) is 0 Å². The number of aliphatic carboxylic acids is 1. The fourth-order valence-electron chi connectivity index (χ4n) is 4.10. The summed E-state index contributed by atoms with van der Waals surface area (Å²) in [6, 6.07) is 10.8. The number of ether oxygens (including phenoxy) is 2. The first kappa shape index (κ1) is 28.4. The molecule has 2 heterocycles. The fraction of sp³-hybridized carbons (Fsp3) is 0.357. The summed E-state index contributed by atoms with van der Waals surface area (Å²) in [7, 11) is 1.86. The van der Waals surface area contributed by atoms with Crippen molar-refractivity contribution in [2.45, 2.75) is 52.7 Å².